The molecule has 1 saturated heterocycles. The van der Waals surface area contributed by atoms with Crippen LogP contribution in [0.4, 0.5) is 20.2 Å². The van der Waals surface area contributed by atoms with Gasteiger partial charge in [-0.15, -0.1) is 0 Å². The largest absolute Gasteiger partial charge is 0.494 e. The molecular weight excluding hydrogens is 352 g/mol. The molecule has 1 aromatic heterocycles. The average Bonchev–Trinajstić information content (AvgIpc) is 2.99. The topological polar surface area (TPSA) is 69.6 Å². The molecule has 0 amide bonds. The molecule has 7 heteroatoms. The quantitative estimate of drug-likeness (QED) is 0.592. The van der Waals surface area contributed by atoms with Crippen molar-refractivity contribution >= 4 is 28.5 Å². The molecule has 1 aliphatic rings. The molecule has 0 spiro atoms. The minimum Gasteiger partial charge on any atom is -0.494 e. The molecule has 2 heterocycles. The number of anilines is 1. The summed E-state index contributed by atoms with van der Waals surface area (Å²) in [5, 5.41) is 13.4. The Morgan fingerprint density at radius 3 is 2.74 bits per heavy atom. The highest BCUT2D eigenvalue weighted by atomic mass is 19.1. The van der Waals surface area contributed by atoms with E-state index < -0.39 is 11.6 Å². The van der Waals surface area contributed by atoms with E-state index in [1.165, 1.54) is 18.3 Å². The number of aromatic nitrogens is 1. The molecule has 0 bridgehead atoms. The van der Waals surface area contributed by atoms with Crippen LogP contribution in [0.25, 0.3) is 10.9 Å². The second-order valence-electron chi connectivity index (χ2n) is 6.50. The molecule has 0 radical (unpaired) electrons. The number of nitrogens with zero attached hydrogens (tertiary/aromatic N) is 1. The first-order chi connectivity index (χ1) is 13.1. The van der Waals surface area contributed by atoms with E-state index in [2.05, 4.69) is 15.3 Å². The van der Waals surface area contributed by atoms with Gasteiger partial charge in [-0.05, 0) is 37.1 Å². The van der Waals surface area contributed by atoms with Gasteiger partial charge in [0.25, 0.3) is 0 Å². The minimum absolute atomic E-state index is 0.183. The average molecular weight is 371 g/mol. The number of benzene rings is 2. The summed E-state index contributed by atoms with van der Waals surface area (Å²) in [6.07, 6.45) is 3.01. The summed E-state index contributed by atoms with van der Waals surface area (Å²) in [5.41, 5.74) is 1.49. The maximum absolute atomic E-state index is 14.4. The highest BCUT2D eigenvalue weighted by molar-refractivity contribution is 6.02. The van der Waals surface area contributed by atoms with Gasteiger partial charge in [0, 0.05) is 36.9 Å². The van der Waals surface area contributed by atoms with E-state index in [0.717, 1.165) is 12.8 Å². The van der Waals surface area contributed by atoms with Crippen LogP contribution >= 0.6 is 0 Å². The molecule has 27 heavy (non-hydrogen) atoms. The Kier molecular flexibility index (Phi) is 4.77. The fourth-order valence-corrected chi connectivity index (χ4v) is 3.24. The van der Waals surface area contributed by atoms with Crippen molar-refractivity contribution in [2.24, 2.45) is 4.99 Å². The molecule has 3 N–H and O–H groups in total. The normalized spacial score (nSPS) is 15.6. The number of hydrogen-bond acceptors (Lipinski definition) is 4. The maximum Gasteiger partial charge on any atom is 0.198 e. The van der Waals surface area contributed by atoms with Crippen LogP contribution in [0, 0.1) is 11.6 Å². The molecule has 140 valence electrons. The Labute approximate surface area is 154 Å². The minimum atomic E-state index is -0.465. The fraction of sp³-hybridized carbons (Fsp3) is 0.250. The first-order valence-electron chi connectivity index (χ1n) is 8.79. The van der Waals surface area contributed by atoms with Crippen LogP contribution in [0.3, 0.4) is 0 Å². The van der Waals surface area contributed by atoms with Crippen LogP contribution in [0.1, 0.15) is 18.4 Å². The zero-order chi connectivity index (χ0) is 18.8. The summed E-state index contributed by atoms with van der Waals surface area (Å²) in [6, 6.07) is 9.31. The van der Waals surface area contributed by atoms with Crippen LogP contribution < -0.4 is 5.32 Å². The summed E-state index contributed by atoms with van der Waals surface area (Å²) in [5.74, 6) is -1.06. The summed E-state index contributed by atoms with van der Waals surface area (Å²) in [4.78, 5) is 6.89. The number of ether oxygens (including phenoxy) is 1. The number of nitrogens with one attached hydrogen (secondary N) is 2. The van der Waals surface area contributed by atoms with E-state index >= 15 is 0 Å². The van der Waals surface area contributed by atoms with Gasteiger partial charge in [-0.1, -0.05) is 6.07 Å². The molecule has 3 aromatic rings. The Morgan fingerprint density at radius 1 is 1.15 bits per heavy atom. The second-order valence-corrected chi connectivity index (χ2v) is 6.50. The predicted molar refractivity (Wildman–Crippen MR) is 101 cm³/mol. The van der Waals surface area contributed by atoms with E-state index in [0.29, 0.717) is 30.1 Å². The van der Waals surface area contributed by atoms with Crippen molar-refractivity contribution in [3.8, 4) is 5.88 Å². The van der Waals surface area contributed by atoms with Crippen molar-refractivity contribution < 1.29 is 18.6 Å². The Bertz CT molecular complexity index is 994. The number of aliphatic imine (C=N–C) groups is 1. The lowest BCUT2D eigenvalue weighted by Gasteiger charge is -2.24. The van der Waals surface area contributed by atoms with Gasteiger partial charge in [-0.2, -0.15) is 0 Å². The van der Waals surface area contributed by atoms with Crippen LogP contribution in [0.15, 0.2) is 41.4 Å². The van der Waals surface area contributed by atoms with E-state index in [4.69, 9.17) is 4.74 Å². The first kappa shape index (κ1) is 17.5. The van der Waals surface area contributed by atoms with Gasteiger partial charge < -0.3 is 20.1 Å². The molecule has 0 unspecified atom stereocenters. The van der Waals surface area contributed by atoms with Crippen molar-refractivity contribution in [2.75, 3.05) is 18.5 Å². The van der Waals surface area contributed by atoms with E-state index in [1.54, 1.807) is 24.3 Å². The van der Waals surface area contributed by atoms with E-state index in [-0.39, 0.29) is 22.9 Å². The zero-order valence-corrected chi connectivity index (χ0v) is 14.5. The summed E-state index contributed by atoms with van der Waals surface area (Å²) >= 11 is 0. The zero-order valence-electron chi connectivity index (χ0n) is 14.5. The molecule has 4 rings (SSSR count). The third kappa shape index (κ3) is 3.64. The highest BCUT2D eigenvalue weighted by Gasteiger charge is 2.15. The first-order valence-corrected chi connectivity index (χ1v) is 8.79. The lowest BCUT2D eigenvalue weighted by Crippen LogP contribution is -2.28. The number of hydrogen-bond donors (Lipinski definition) is 3. The Hall–Kier alpha value is -2.93. The van der Waals surface area contributed by atoms with Gasteiger partial charge in [-0.3, -0.25) is 4.99 Å². The van der Waals surface area contributed by atoms with Gasteiger partial charge in [0.2, 0.25) is 0 Å². The fourth-order valence-electron chi connectivity index (χ4n) is 3.24. The van der Waals surface area contributed by atoms with Crippen LogP contribution in [-0.4, -0.2) is 35.6 Å². The van der Waals surface area contributed by atoms with Gasteiger partial charge in [0.1, 0.15) is 11.6 Å². The van der Waals surface area contributed by atoms with E-state index in [1.807, 2.05) is 0 Å². The van der Waals surface area contributed by atoms with Crippen LogP contribution in [0.2, 0.25) is 0 Å². The summed E-state index contributed by atoms with van der Waals surface area (Å²) < 4.78 is 33.7. The SMILES string of the molecule is Oc1[nH]c2cccc(F)c2c1C=Nc1ccc(NC2CCOCC2)c(F)c1. The number of halogens is 2. The number of fused-ring (bicyclic) bond motifs is 1. The Morgan fingerprint density at radius 2 is 1.96 bits per heavy atom. The third-order valence-corrected chi connectivity index (χ3v) is 4.67. The highest BCUT2D eigenvalue weighted by Crippen LogP contribution is 2.29. The van der Waals surface area contributed by atoms with Gasteiger partial charge in [0.15, 0.2) is 5.88 Å². The van der Waals surface area contributed by atoms with Crippen molar-refractivity contribution in [2.45, 2.75) is 18.9 Å². The monoisotopic (exact) mass is 371 g/mol. The maximum atomic E-state index is 14.4. The lowest BCUT2D eigenvalue weighted by molar-refractivity contribution is 0.0904. The van der Waals surface area contributed by atoms with E-state index in [9.17, 15) is 13.9 Å². The Balaban J connectivity index is 1.56. The second kappa shape index (κ2) is 7.36. The number of aromatic amines is 1. The van der Waals surface area contributed by atoms with Crippen molar-refractivity contribution in [1.82, 2.24) is 4.98 Å². The van der Waals surface area contributed by atoms with Gasteiger partial charge in [0.05, 0.1) is 22.5 Å². The van der Waals surface area contributed by atoms with Crippen LogP contribution in [0.5, 0.6) is 5.88 Å². The standard InChI is InChI=1S/C20H19F2N3O2/c21-15-2-1-3-18-19(15)14(20(26)25-18)11-23-13-4-5-17(16(22)10-13)24-12-6-8-27-9-7-12/h1-5,10-12,24-26H,6-9H2. The molecule has 1 fully saturated rings. The molecule has 0 saturated carbocycles. The van der Waals surface area contributed by atoms with Crippen LogP contribution in [-0.2, 0) is 4.74 Å². The summed E-state index contributed by atoms with van der Waals surface area (Å²) in [6.45, 7) is 1.35. The predicted octanol–water partition coefficient (Wildman–Crippen LogP) is 4.49. The number of H-pyrrole nitrogens is 1. The third-order valence-electron chi connectivity index (χ3n) is 4.67. The number of aromatic hydroxyl groups is 1. The molecule has 5 nitrogen and oxygen atoms in total. The van der Waals surface area contributed by atoms with Gasteiger partial charge in [-0.25, -0.2) is 8.78 Å². The lowest BCUT2D eigenvalue weighted by atomic mass is 10.1. The molecule has 0 atom stereocenters. The molecule has 0 aliphatic carbocycles. The van der Waals surface area contributed by atoms with Crippen molar-refractivity contribution in [1.29, 1.82) is 0 Å². The summed E-state index contributed by atoms with van der Waals surface area (Å²) in [7, 11) is 0. The molecule has 2 aromatic carbocycles. The smallest absolute Gasteiger partial charge is 0.198 e. The van der Waals surface area contributed by atoms with Gasteiger partial charge >= 0.3 is 0 Å². The van der Waals surface area contributed by atoms with Crippen molar-refractivity contribution in [3.63, 3.8) is 0 Å². The van der Waals surface area contributed by atoms with Crippen molar-refractivity contribution in [3.05, 3.63) is 53.6 Å². The molecular formula is C20H19F2N3O2. The molecule has 1 aliphatic heterocycles. The number of rotatable bonds is 4.